The van der Waals surface area contributed by atoms with Gasteiger partial charge in [-0.05, 0) is 44.5 Å². The predicted octanol–water partition coefficient (Wildman–Crippen LogP) is 3.14. The van der Waals surface area contributed by atoms with Gasteiger partial charge in [-0.3, -0.25) is 9.48 Å². The highest BCUT2D eigenvalue weighted by Crippen LogP contribution is 2.16. The van der Waals surface area contributed by atoms with Crippen molar-refractivity contribution < 1.29 is 9.18 Å². The molecule has 0 unspecified atom stereocenters. The molecule has 1 aromatic heterocycles. The molecule has 0 aliphatic rings. The van der Waals surface area contributed by atoms with E-state index >= 15 is 0 Å². The van der Waals surface area contributed by atoms with Crippen LogP contribution in [0, 0.1) is 26.6 Å². The van der Waals surface area contributed by atoms with Gasteiger partial charge in [-0.15, -0.1) is 0 Å². The Morgan fingerprint density at radius 3 is 2.62 bits per heavy atom. The van der Waals surface area contributed by atoms with Crippen LogP contribution in [0.4, 0.5) is 10.1 Å². The van der Waals surface area contributed by atoms with Crippen LogP contribution in [0.5, 0.6) is 0 Å². The quantitative estimate of drug-likeness (QED) is 0.882. The normalized spacial score (nSPS) is 11.1. The van der Waals surface area contributed by atoms with Gasteiger partial charge in [0.2, 0.25) is 5.91 Å². The van der Waals surface area contributed by atoms with Crippen LogP contribution in [0.25, 0.3) is 6.08 Å². The van der Waals surface area contributed by atoms with Crippen LogP contribution in [-0.2, 0) is 11.8 Å². The molecule has 2 aromatic rings. The third-order valence-electron chi connectivity index (χ3n) is 3.35. The fourth-order valence-electron chi connectivity index (χ4n) is 2.09. The molecule has 1 heterocycles. The van der Waals surface area contributed by atoms with Crippen molar-refractivity contribution in [3.8, 4) is 0 Å². The first-order valence-electron chi connectivity index (χ1n) is 6.64. The first-order valence-corrected chi connectivity index (χ1v) is 6.64. The molecule has 5 heteroatoms. The van der Waals surface area contributed by atoms with Crippen molar-refractivity contribution in [1.29, 1.82) is 0 Å². The molecule has 0 saturated carbocycles. The smallest absolute Gasteiger partial charge is 0.248 e. The van der Waals surface area contributed by atoms with Gasteiger partial charge in [-0.2, -0.15) is 5.10 Å². The molecule has 2 rings (SSSR count). The summed E-state index contributed by atoms with van der Waals surface area (Å²) in [5, 5.41) is 6.80. The van der Waals surface area contributed by atoms with E-state index in [4.69, 9.17) is 0 Å². The molecule has 0 saturated heterocycles. The number of aromatic nitrogens is 2. The Morgan fingerprint density at radius 2 is 2.05 bits per heavy atom. The van der Waals surface area contributed by atoms with Crippen molar-refractivity contribution in [2.24, 2.45) is 7.05 Å². The molecule has 1 N–H and O–H groups in total. The molecule has 0 aliphatic carbocycles. The number of hydrogen-bond acceptors (Lipinski definition) is 2. The molecule has 0 atom stereocenters. The van der Waals surface area contributed by atoms with E-state index in [9.17, 15) is 9.18 Å². The Labute approximate surface area is 123 Å². The maximum Gasteiger partial charge on any atom is 0.248 e. The van der Waals surface area contributed by atoms with Crippen molar-refractivity contribution in [3.05, 3.63) is 52.6 Å². The van der Waals surface area contributed by atoms with Gasteiger partial charge in [0.05, 0.1) is 11.4 Å². The minimum absolute atomic E-state index is 0.176. The van der Waals surface area contributed by atoms with E-state index in [1.165, 1.54) is 12.1 Å². The first kappa shape index (κ1) is 15.0. The molecule has 0 fully saturated rings. The van der Waals surface area contributed by atoms with Crippen molar-refractivity contribution in [2.75, 3.05) is 5.32 Å². The number of amides is 1. The summed E-state index contributed by atoms with van der Waals surface area (Å²) in [6.45, 7) is 5.60. The zero-order valence-electron chi connectivity index (χ0n) is 12.6. The number of carbonyl (C=O) groups is 1. The SMILES string of the molecule is Cc1ccc(NC(=O)/C=C/c2c(C)nn(C)c2C)c(F)c1. The predicted molar refractivity (Wildman–Crippen MR) is 81.5 cm³/mol. The van der Waals surface area contributed by atoms with Crippen molar-refractivity contribution in [3.63, 3.8) is 0 Å². The lowest BCUT2D eigenvalue weighted by Crippen LogP contribution is -2.09. The Balaban J connectivity index is 2.13. The molecular weight excluding hydrogens is 269 g/mol. The maximum atomic E-state index is 13.7. The minimum Gasteiger partial charge on any atom is -0.320 e. The summed E-state index contributed by atoms with van der Waals surface area (Å²) in [5.41, 5.74) is 3.70. The Morgan fingerprint density at radius 1 is 1.33 bits per heavy atom. The van der Waals surface area contributed by atoms with Gasteiger partial charge < -0.3 is 5.32 Å². The lowest BCUT2D eigenvalue weighted by molar-refractivity contribution is -0.111. The molecule has 1 aromatic carbocycles. The van der Waals surface area contributed by atoms with Gasteiger partial charge >= 0.3 is 0 Å². The second-order valence-corrected chi connectivity index (χ2v) is 5.01. The van der Waals surface area contributed by atoms with Crippen LogP contribution >= 0.6 is 0 Å². The number of carbonyl (C=O) groups excluding carboxylic acids is 1. The lowest BCUT2D eigenvalue weighted by atomic mass is 10.2. The summed E-state index contributed by atoms with van der Waals surface area (Å²) < 4.78 is 15.4. The van der Waals surface area contributed by atoms with E-state index < -0.39 is 5.82 Å². The second-order valence-electron chi connectivity index (χ2n) is 5.01. The zero-order valence-corrected chi connectivity index (χ0v) is 12.6. The van der Waals surface area contributed by atoms with Crippen LogP contribution in [-0.4, -0.2) is 15.7 Å². The van der Waals surface area contributed by atoms with Gasteiger partial charge in [0.15, 0.2) is 0 Å². The topological polar surface area (TPSA) is 46.9 Å². The van der Waals surface area contributed by atoms with Gasteiger partial charge in [0.1, 0.15) is 5.82 Å². The fourth-order valence-corrected chi connectivity index (χ4v) is 2.09. The van der Waals surface area contributed by atoms with E-state index in [-0.39, 0.29) is 11.6 Å². The number of benzene rings is 1. The number of halogens is 1. The minimum atomic E-state index is -0.439. The van der Waals surface area contributed by atoms with Crippen LogP contribution in [0.2, 0.25) is 0 Å². The largest absolute Gasteiger partial charge is 0.320 e. The highest BCUT2D eigenvalue weighted by atomic mass is 19.1. The van der Waals surface area contributed by atoms with Crippen molar-refractivity contribution >= 4 is 17.7 Å². The first-order chi connectivity index (χ1) is 9.88. The molecule has 1 amide bonds. The highest BCUT2D eigenvalue weighted by molar-refractivity contribution is 6.02. The number of aryl methyl sites for hydroxylation is 3. The molecule has 21 heavy (non-hydrogen) atoms. The molecule has 4 nitrogen and oxygen atoms in total. The van der Waals surface area contributed by atoms with Crippen molar-refractivity contribution in [1.82, 2.24) is 9.78 Å². The Bertz CT molecular complexity index is 717. The average molecular weight is 287 g/mol. The van der Waals surface area contributed by atoms with Crippen LogP contribution in [0.1, 0.15) is 22.5 Å². The summed E-state index contributed by atoms with van der Waals surface area (Å²) in [6, 6.07) is 4.68. The van der Waals surface area contributed by atoms with E-state index in [1.54, 1.807) is 29.8 Å². The third-order valence-corrected chi connectivity index (χ3v) is 3.35. The number of nitrogens with zero attached hydrogens (tertiary/aromatic N) is 2. The lowest BCUT2D eigenvalue weighted by Gasteiger charge is -2.04. The van der Waals surface area contributed by atoms with Gasteiger partial charge in [0.25, 0.3) is 0 Å². The van der Waals surface area contributed by atoms with Crippen molar-refractivity contribution in [2.45, 2.75) is 20.8 Å². The average Bonchev–Trinajstić information content (AvgIpc) is 2.65. The number of hydrogen-bond donors (Lipinski definition) is 1. The highest BCUT2D eigenvalue weighted by Gasteiger charge is 2.08. The van der Waals surface area contributed by atoms with E-state index in [2.05, 4.69) is 10.4 Å². The third kappa shape index (κ3) is 3.37. The standard InChI is InChI=1S/C16H18FN3O/c1-10-5-7-15(14(17)9-10)18-16(21)8-6-13-11(2)19-20(4)12(13)3/h5-9H,1-4H3,(H,18,21)/b8-6+. The molecular formula is C16H18FN3O. The zero-order chi connectivity index (χ0) is 15.6. The number of rotatable bonds is 3. The number of nitrogens with one attached hydrogen (secondary N) is 1. The van der Waals surface area contributed by atoms with Gasteiger partial charge in [-0.1, -0.05) is 6.07 Å². The Kier molecular flexibility index (Phi) is 4.21. The summed E-state index contributed by atoms with van der Waals surface area (Å²) in [6.07, 6.45) is 3.08. The second kappa shape index (κ2) is 5.91. The van der Waals surface area contributed by atoms with E-state index in [0.717, 1.165) is 22.5 Å². The van der Waals surface area contributed by atoms with Crippen LogP contribution < -0.4 is 5.32 Å². The molecule has 0 radical (unpaired) electrons. The Hall–Kier alpha value is -2.43. The molecule has 0 bridgehead atoms. The van der Waals surface area contributed by atoms with Crippen LogP contribution in [0.15, 0.2) is 24.3 Å². The summed E-state index contributed by atoms with van der Waals surface area (Å²) in [7, 11) is 1.85. The maximum absolute atomic E-state index is 13.7. The van der Waals surface area contributed by atoms with Gasteiger partial charge in [0, 0.05) is 24.4 Å². The van der Waals surface area contributed by atoms with E-state index in [1.807, 2.05) is 20.9 Å². The molecule has 0 spiro atoms. The van der Waals surface area contributed by atoms with E-state index in [0.29, 0.717) is 0 Å². The monoisotopic (exact) mass is 287 g/mol. The summed E-state index contributed by atoms with van der Waals surface area (Å²) in [5.74, 6) is -0.814. The fraction of sp³-hybridized carbons (Fsp3) is 0.250. The summed E-state index contributed by atoms with van der Waals surface area (Å²) >= 11 is 0. The molecule has 0 aliphatic heterocycles. The van der Waals surface area contributed by atoms with Gasteiger partial charge in [-0.25, -0.2) is 4.39 Å². The molecule has 110 valence electrons. The van der Waals surface area contributed by atoms with Crippen LogP contribution in [0.3, 0.4) is 0 Å². The number of anilines is 1. The summed E-state index contributed by atoms with van der Waals surface area (Å²) in [4.78, 5) is 11.9.